The van der Waals surface area contributed by atoms with Crippen LogP contribution in [-0.2, 0) is 20.0 Å². The van der Waals surface area contributed by atoms with Crippen LogP contribution in [0.2, 0.25) is 0 Å². The summed E-state index contributed by atoms with van der Waals surface area (Å²) < 4.78 is 79.3. The highest BCUT2D eigenvalue weighted by atomic mass is 32.2. The molecule has 0 spiro atoms. The maximum atomic E-state index is 13.8. The van der Waals surface area contributed by atoms with Crippen LogP contribution in [0.3, 0.4) is 0 Å². The van der Waals surface area contributed by atoms with Crippen LogP contribution in [-0.4, -0.2) is 29.1 Å². The quantitative estimate of drug-likeness (QED) is 0.852. The van der Waals surface area contributed by atoms with Gasteiger partial charge in [0, 0.05) is 12.6 Å². The van der Waals surface area contributed by atoms with E-state index in [9.17, 15) is 25.6 Å². The van der Waals surface area contributed by atoms with Crippen molar-refractivity contribution in [3.63, 3.8) is 0 Å². The van der Waals surface area contributed by atoms with Crippen LogP contribution in [0.15, 0.2) is 41.3 Å². The maximum Gasteiger partial charge on any atom is 0.264 e. The van der Waals surface area contributed by atoms with Gasteiger partial charge in [-0.3, -0.25) is 9.03 Å². The van der Waals surface area contributed by atoms with Gasteiger partial charge in [-0.25, -0.2) is 25.6 Å². The summed E-state index contributed by atoms with van der Waals surface area (Å²) in [6.45, 7) is 1.94. The minimum absolute atomic E-state index is 0.0305. The van der Waals surface area contributed by atoms with Crippen LogP contribution in [0.25, 0.3) is 0 Å². The molecular weight excluding hydrogens is 386 g/mol. The molecule has 0 bridgehead atoms. The topological polar surface area (TPSA) is 83.6 Å². The van der Waals surface area contributed by atoms with Gasteiger partial charge in [0.1, 0.15) is 16.5 Å². The van der Waals surface area contributed by atoms with Crippen molar-refractivity contribution < 1.29 is 25.6 Å². The molecule has 10 heteroatoms. The van der Waals surface area contributed by atoms with Crippen molar-refractivity contribution in [1.82, 2.24) is 0 Å². The zero-order chi connectivity index (χ0) is 19.1. The van der Waals surface area contributed by atoms with E-state index in [4.69, 9.17) is 0 Å². The summed E-state index contributed by atoms with van der Waals surface area (Å²) in [5.74, 6) is -2.07. The minimum Gasteiger partial charge on any atom is -0.279 e. The molecule has 1 N–H and O–H groups in total. The summed E-state index contributed by atoms with van der Waals surface area (Å²) in [5.41, 5.74) is 0.968. The van der Waals surface area contributed by atoms with Crippen LogP contribution < -0.4 is 9.03 Å². The van der Waals surface area contributed by atoms with Crippen LogP contribution in [0.1, 0.15) is 12.0 Å². The molecule has 1 aliphatic heterocycles. The van der Waals surface area contributed by atoms with Crippen LogP contribution >= 0.6 is 0 Å². The van der Waals surface area contributed by atoms with Crippen LogP contribution in [0, 0.1) is 18.6 Å². The van der Waals surface area contributed by atoms with E-state index in [-0.39, 0.29) is 11.4 Å². The zero-order valence-corrected chi connectivity index (χ0v) is 15.4. The highest BCUT2D eigenvalue weighted by Crippen LogP contribution is 2.30. The van der Waals surface area contributed by atoms with E-state index >= 15 is 0 Å². The monoisotopic (exact) mass is 402 g/mol. The van der Waals surface area contributed by atoms with Crippen molar-refractivity contribution >= 4 is 31.4 Å². The van der Waals surface area contributed by atoms with Gasteiger partial charge >= 0.3 is 0 Å². The van der Waals surface area contributed by atoms with Gasteiger partial charge in [-0.05, 0) is 43.2 Å². The third kappa shape index (κ3) is 3.51. The van der Waals surface area contributed by atoms with Crippen molar-refractivity contribution in [2.75, 3.05) is 21.3 Å². The molecule has 0 atom stereocenters. The molecular formula is C16H16F2N2O4S2. The molecule has 0 unspecified atom stereocenters. The standard InChI is InChI=1S/C16H16F2N2O4S2/c1-11-3-5-13(20-7-2-8-25(20,21)22)10-15(11)19-26(23,24)16-6-4-12(17)9-14(16)18/h3-6,9-10,19H,2,7-8H2,1H3. The van der Waals surface area contributed by atoms with Crippen molar-refractivity contribution in [3.8, 4) is 0 Å². The number of halogens is 2. The second-order valence-corrected chi connectivity index (χ2v) is 9.58. The molecule has 0 aromatic heterocycles. The summed E-state index contributed by atoms with van der Waals surface area (Å²) in [4.78, 5) is -0.697. The fourth-order valence-electron chi connectivity index (χ4n) is 2.70. The molecule has 0 radical (unpaired) electrons. The lowest BCUT2D eigenvalue weighted by Crippen LogP contribution is -2.25. The summed E-state index contributed by atoms with van der Waals surface area (Å²) in [6, 6.07) is 6.69. The average Bonchev–Trinajstić information content (AvgIpc) is 2.88. The van der Waals surface area contributed by atoms with E-state index in [2.05, 4.69) is 4.72 Å². The lowest BCUT2D eigenvalue weighted by molar-refractivity contribution is 0.551. The molecule has 1 saturated heterocycles. The van der Waals surface area contributed by atoms with Crippen molar-refractivity contribution in [3.05, 3.63) is 53.6 Å². The normalized spacial score (nSPS) is 16.7. The van der Waals surface area contributed by atoms with E-state index in [1.807, 2.05) is 0 Å². The number of hydrogen-bond acceptors (Lipinski definition) is 4. The Labute approximate surface area is 150 Å². The minimum atomic E-state index is -4.31. The maximum absolute atomic E-state index is 13.8. The summed E-state index contributed by atoms with van der Waals surface area (Å²) in [7, 11) is -7.73. The molecule has 140 valence electrons. The molecule has 3 rings (SSSR count). The number of benzene rings is 2. The first-order chi connectivity index (χ1) is 12.1. The molecule has 26 heavy (non-hydrogen) atoms. The molecule has 0 amide bonds. The van der Waals surface area contributed by atoms with Gasteiger partial charge in [0.2, 0.25) is 10.0 Å². The Morgan fingerprint density at radius 3 is 2.46 bits per heavy atom. The van der Waals surface area contributed by atoms with E-state index in [1.54, 1.807) is 19.1 Å². The fourth-order valence-corrected chi connectivity index (χ4v) is 5.44. The van der Waals surface area contributed by atoms with E-state index in [0.717, 1.165) is 12.1 Å². The van der Waals surface area contributed by atoms with Crippen molar-refractivity contribution in [1.29, 1.82) is 0 Å². The lowest BCUT2D eigenvalue weighted by Gasteiger charge is -2.19. The first kappa shape index (κ1) is 18.6. The van der Waals surface area contributed by atoms with Gasteiger partial charge in [-0.2, -0.15) is 0 Å². The SMILES string of the molecule is Cc1ccc(N2CCCS2(=O)=O)cc1NS(=O)(=O)c1ccc(F)cc1F. The summed E-state index contributed by atoms with van der Waals surface area (Å²) in [6.07, 6.45) is 0.484. The molecule has 6 nitrogen and oxygen atoms in total. The molecule has 1 aliphatic rings. The Morgan fingerprint density at radius 1 is 1.12 bits per heavy atom. The Hall–Kier alpha value is -2.20. The lowest BCUT2D eigenvalue weighted by atomic mass is 10.2. The van der Waals surface area contributed by atoms with Gasteiger partial charge in [-0.15, -0.1) is 0 Å². The van der Waals surface area contributed by atoms with E-state index in [0.29, 0.717) is 30.3 Å². The number of aryl methyl sites for hydroxylation is 1. The van der Waals surface area contributed by atoms with E-state index < -0.39 is 36.6 Å². The number of sulfonamides is 2. The average molecular weight is 402 g/mol. The molecule has 1 heterocycles. The zero-order valence-electron chi connectivity index (χ0n) is 13.7. The second kappa shape index (κ2) is 6.51. The Morgan fingerprint density at radius 2 is 1.85 bits per heavy atom. The molecule has 2 aromatic rings. The Bertz CT molecular complexity index is 1070. The number of nitrogens with one attached hydrogen (secondary N) is 1. The van der Waals surface area contributed by atoms with E-state index in [1.165, 1.54) is 10.4 Å². The predicted octanol–water partition coefficient (Wildman–Crippen LogP) is 2.61. The summed E-state index contributed by atoms with van der Waals surface area (Å²) >= 11 is 0. The Kier molecular flexibility index (Phi) is 4.65. The summed E-state index contributed by atoms with van der Waals surface area (Å²) in [5, 5.41) is 0. The third-order valence-corrected chi connectivity index (χ3v) is 7.30. The van der Waals surface area contributed by atoms with Crippen molar-refractivity contribution in [2.45, 2.75) is 18.2 Å². The third-order valence-electron chi connectivity index (χ3n) is 4.04. The molecule has 0 saturated carbocycles. The van der Waals surface area contributed by atoms with Gasteiger partial charge in [-0.1, -0.05) is 6.07 Å². The first-order valence-corrected chi connectivity index (χ1v) is 10.8. The smallest absolute Gasteiger partial charge is 0.264 e. The number of rotatable bonds is 4. The van der Waals surface area contributed by atoms with Crippen molar-refractivity contribution in [2.24, 2.45) is 0 Å². The number of hydrogen-bond donors (Lipinski definition) is 1. The highest BCUT2D eigenvalue weighted by molar-refractivity contribution is 7.93. The fraction of sp³-hybridized carbons (Fsp3) is 0.250. The Balaban J connectivity index is 1.98. The van der Waals surface area contributed by atoms with Gasteiger partial charge in [0.25, 0.3) is 10.0 Å². The van der Waals surface area contributed by atoms with Crippen LogP contribution in [0.4, 0.5) is 20.2 Å². The van der Waals surface area contributed by atoms with Gasteiger partial charge in [0.15, 0.2) is 0 Å². The number of nitrogens with zero attached hydrogens (tertiary/aromatic N) is 1. The predicted molar refractivity (Wildman–Crippen MR) is 94.1 cm³/mol. The second-order valence-electron chi connectivity index (χ2n) is 5.92. The van der Waals surface area contributed by atoms with Crippen LogP contribution in [0.5, 0.6) is 0 Å². The number of anilines is 2. The highest BCUT2D eigenvalue weighted by Gasteiger charge is 2.29. The molecule has 1 fully saturated rings. The molecule has 2 aromatic carbocycles. The first-order valence-electron chi connectivity index (χ1n) is 7.69. The van der Waals surface area contributed by atoms with Gasteiger partial charge in [0.05, 0.1) is 17.1 Å². The largest absolute Gasteiger partial charge is 0.279 e. The molecule has 0 aliphatic carbocycles. The van der Waals surface area contributed by atoms with Gasteiger partial charge < -0.3 is 0 Å².